The lowest BCUT2D eigenvalue weighted by molar-refractivity contribution is -0.179. The number of benzene rings is 2. The van der Waals surface area contributed by atoms with Crippen molar-refractivity contribution < 1.29 is 28.6 Å². The highest BCUT2D eigenvalue weighted by Gasteiger charge is 2.69. The first-order chi connectivity index (χ1) is 16.0. The third-order valence-electron chi connectivity index (χ3n) is 7.18. The molecule has 6 rings (SSSR count). The van der Waals surface area contributed by atoms with Crippen molar-refractivity contribution in [3.63, 3.8) is 0 Å². The number of Topliss-reactive ketones (excluding diaryl/α,β-unsaturated/α-hetero) is 1. The molecule has 0 unspecified atom stereocenters. The molecule has 1 aliphatic heterocycles. The molecule has 4 aliphatic rings. The number of fused-ring (bicyclic) bond motifs is 1. The van der Waals surface area contributed by atoms with Crippen LogP contribution < -0.4 is 14.8 Å². The van der Waals surface area contributed by atoms with Crippen molar-refractivity contribution in [2.45, 2.75) is 56.3 Å². The Morgan fingerprint density at radius 2 is 1.94 bits per heavy atom. The number of carbonyl (C=O) groups is 2. The maximum absolute atomic E-state index is 13.5. The van der Waals surface area contributed by atoms with Crippen LogP contribution in [0.3, 0.4) is 0 Å². The van der Waals surface area contributed by atoms with Crippen LogP contribution in [0.5, 0.6) is 11.5 Å². The topological polar surface area (TPSA) is 84.9 Å². The number of hydrogen-bond acceptors (Lipinski definition) is 5. The normalized spacial score (nSPS) is 30.8. The molecule has 6 nitrogen and oxygen atoms in total. The first-order valence-corrected chi connectivity index (χ1v) is 11.8. The van der Waals surface area contributed by atoms with Crippen molar-refractivity contribution in [2.75, 3.05) is 6.61 Å². The van der Waals surface area contributed by atoms with Gasteiger partial charge in [-0.1, -0.05) is 23.2 Å². The van der Waals surface area contributed by atoms with Crippen molar-refractivity contribution in [3.8, 4) is 11.5 Å². The first-order valence-electron chi connectivity index (χ1n) is 11.1. The Morgan fingerprint density at radius 3 is 2.65 bits per heavy atom. The van der Waals surface area contributed by atoms with Gasteiger partial charge in [0.1, 0.15) is 17.3 Å². The lowest BCUT2D eigenvalue weighted by Crippen LogP contribution is -2.75. The van der Waals surface area contributed by atoms with Gasteiger partial charge in [-0.25, -0.2) is 4.39 Å². The molecule has 180 valence electrons. The molecule has 0 aromatic heterocycles. The number of rotatable bonds is 7. The van der Waals surface area contributed by atoms with Crippen molar-refractivity contribution >= 4 is 34.9 Å². The van der Waals surface area contributed by atoms with Crippen LogP contribution in [0.2, 0.25) is 10.0 Å². The Morgan fingerprint density at radius 1 is 1.21 bits per heavy atom. The largest absolute Gasteiger partial charge is 0.484 e. The maximum Gasteiger partial charge on any atom is 0.258 e. The van der Waals surface area contributed by atoms with E-state index in [1.54, 1.807) is 25.1 Å². The van der Waals surface area contributed by atoms with Gasteiger partial charge >= 0.3 is 0 Å². The van der Waals surface area contributed by atoms with E-state index in [0.717, 1.165) is 6.07 Å². The summed E-state index contributed by atoms with van der Waals surface area (Å²) in [6, 6.07) is 9.01. The summed E-state index contributed by atoms with van der Waals surface area (Å²) in [5, 5.41) is 14.1. The first kappa shape index (κ1) is 23.4. The van der Waals surface area contributed by atoms with E-state index in [-0.39, 0.29) is 46.4 Å². The number of hydrogen-bond donors (Lipinski definition) is 2. The zero-order valence-corrected chi connectivity index (χ0v) is 20.0. The van der Waals surface area contributed by atoms with Gasteiger partial charge in [0.05, 0.1) is 11.1 Å². The molecule has 3 saturated carbocycles. The molecule has 0 spiro atoms. The molecule has 2 aromatic carbocycles. The second kappa shape index (κ2) is 8.11. The van der Waals surface area contributed by atoms with Crippen LogP contribution >= 0.6 is 23.2 Å². The van der Waals surface area contributed by atoms with Crippen LogP contribution in [0.15, 0.2) is 36.4 Å². The second-order valence-electron chi connectivity index (χ2n) is 10.1. The number of ketones is 1. The van der Waals surface area contributed by atoms with Crippen LogP contribution in [0, 0.1) is 11.2 Å². The zero-order chi connectivity index (χ0) is 24.3. The molecular formula is C25H24Cl2FNO5. The fraction of sp³-hybridized carbons (Fsp3) is 0.440. The third-order valence-corrected chi connectivity index (χ3v) is 7.72. The molecule has 0 saturated heterocycles. The summed E-state index contributed by atoms with van der Waals surface area (Å²) in [5.41, 5.74) is -0.993. The minimum absolute atomic E-state index is 0.0129. The highest BCUT2D eigenvalue weighted by Crippen LogP contribution is 2.69. The molecule has 3 fully saturated rings. The summed E-state index contributed by atoms with van der Waals surface area (Å²) in [5.74, 6) is -0.263. The molecule has 1 heterocycles. The fourth-order valence-electron chi connectivity index (χ4n) is 5.70. The molecule has 2 atom stereocenters. The Kier molecular flexibility index (Phi) is 5.58. The SMILES string of the molecule is C[C@]1(C(=O)CC23CC(NC(=O)COc4ccc(Cl)c(F)c4)(C2)C3)C[C@@H](O)c2cc(Cl)ccc2O1. The quantitative estimate of drug-likeness (QED) is 0.562. The minimum Gasteiger partial charge on any atom is -0.484 e. The van der Waals surface area contributed by atoms with Crippen LogP contribution in [-0.2, 0) is 9.59 Å². The Labute approximate surface area is 206 Å². The predicted octanol–water partition coefficient (Wildman–Crippen LogP) is 4.78. The Hall–Kier alpha value is -2.35. The third kappa shape index (κ3) is 4.14. The van der Waals surface area contributed by atoms with Gasteiger partial charge in [0.15, 0.2) is 18.0 Å². The maximum atomic E-state index is 13.5. The average Bonchev–Trinajstić information content (AvgIpc) is 2.72. The average molecular weight is 508 g/mol. The summed E-state index contributed by atoms with van der Waals surface area (Å²) < 4.78 is 24.9. The molecule has 3 aliphatic carbocycles. The van der Waals surface area contributed by atoms with E-state index in [1.807, 2.05) is 0 Å². The van der Waals surface area contributed by atoms with Crippen molar-refractivity contribution in [1.29, 1.82) is 0 Å². The van der Waals surface area contributed by atoms with Crippen LogP contribution in [0.25, 0.3) is 0 Å². The highest BCUT2D eigenvalue weighted by molar-refractivity contribution is 6.31. The summed E-state index contributed by atoms with van der Waals surface area (Å²) >= 11 is 11.7. The summed E-state index contributed by atoms with van der Waals surface area (Å²) in [6.07, 6.45) is 1.79. The van der Waals surface area contributed by atoms with Gasteiger partial charge in [0.25, 0.3) is 5.91 Å². The molecule has 34 heavy (non-hydrogen) atoms. The van der Waals surface area contributed by atoms with Gasteiger partial charge in [0.2, 0.25) is 0 Å². The molecule has 2 aromatic rings. The van der Waals surface area contributed by atoms with Gasteiger partial charge in [-0.05, 0) is 61.9 Å². The molecule has 1 amide bonds. The monoisotopic (exact) mass is 507 g/mol. The molecular weight excluding hydrogens is 484 g/mol. The van der Waals surface area contributed by atoms with Crippen molar-refractivity contribution in [3.05, 3.63) is 57.8 Å². The van der Waals surface area contributed by atoms with E-state index in [0.29, 0.717) is 42.0 Å². The predicted molar refractivity (Wildman–Crippen MR) is 124 cm³/mol. The number of amides is 1. The van der Waals surface area contributed by atoms with E-state index in [4.69, 9.17) is 32.7 Å². The Balaban J connectivity index is 1.13. The lowest BCUT2D eigenvalue weighted by atomic mass is 9.38. The highest BCUT2D eigenvalue weighted by atomic mass is 35.5. The van der Waals surface area contributed by atoms with Crippen LogP contribution in [0.4, 0.5) is 4.39 Å². The van der Waals surface area contributed by atoms with E-state index in [2.05, 4.69) is 5.32 Å². The van der Waals surface area contributed by atoms with Crippen molar-refractivity contribution in [2.24, 2.45) is 5.41 Å². The summed E-state index contributed by atoms with van der Waals surface area (Å²) in [6.45, 7) is 1.48. The van der Waals surface area contributed by atoms with Crippen LogP contribution in [-0.4, -0.2) is 34.5 Å². The van der Waals surface area contributed by atoms with Gasteiger partial charge in [-0.2, -0.15) is 0 Å². The number of ether oxygens (including phenoxy) is 2. The van der Waals surface area contributed by atoms with E-state index in [1.165, 1.54) is 12.1 Å². The van der Waals surface area contributed by atoms with E-state index < -0.39 is 17.5 Å². The van der Waals surface area contributed by atoms with E-state index in [9.17, 15) is 19.1 Å². The summed E-state index contributed by atoms with van der Waals surface area (Å²) in [4.78, 5) is 25.5. The number of aliphatic hydroxyl groups is 1. The van der Waals surface area contributed by atoms with Crippen LogP contribution in [0.1, 0.15) is 50.7 Å². The summed E-state index contributed by atoms with van der Waals surface area (Å²) in [7, 11) is 0. The second-order valence-corrected chi connectivity index (χ2v) is 10.9. The number of halogens is 3. The van der Waals surface area contributed by atoms with Gasteiger partial charge in [0, 0.05) is 35.0 Å². The van der Waals surface area contributed by atoms with Gasteiger partial charge in [-0.15, -0.1) is 0 Å². The molecule has 9 heteroatoms. The lowest BCUT2D eigenvalue weighted by Gasteiger charge is -2.71. The zero-order valence-electron chi connectivity index (χ0n) is 18.5. The number of aliphatic hydroxyl groups excluding tert-OH is 1. The minimum atomic E-state index is -1.12. The fourth-order valence-corrected chi connectivity index (χ4v) is 6.00. The van der Waals surface area contributed by atoms with Crippen molar-refractivity contribution in [1.82, 2.24) is 5.32 Å². The van der Waals surface area contributed by atoms with Gasteiger partial charge < -0.3 is 19.9 Å². The Bertz CT molecular complexity index is 1170. The number of nitrogens with one attached hydrogen (secondary N) is 1. The molecule has 2 bridgehead atoms. The standard InChI is InChI=1S/C25H24Cl2FNO5/c1-23(8-19(30)16-6-14(26)2-5-20(16)34-23)21(31)9-24-11-25(12-24,13-24)29-22(32)10-33-15-3-4-17(27)18(28)7-15/h2-7,19,30H,8-13H2,1H3,(H,29,32)/t19-,23-,24?,25?/m1/s1. The smallest absolute Gasteiger partial charge is 0.258 e. The number of carbonyl (C=O) groups excluding carboxylic acids is 2. The van der Waals surface area contributed by atoms with Gasteiger partial charge in [-0.3, -0.25) is 9.59 Å². The van der Waals surface area contributed by atoms with E-state index >= 15 is 0 Å². The molecule has 0 radical (unpaired) electrons. The molecule has 2 N–H and O–H groups in total.